The van der Waals surface area contributed by atoms with E-state index in [2.05, 4.69) is 86.7 Å². The van der Waals surface area contributed by atoms with Crippen molar-refractivity contribution in [2.45, 2.75) is 50.3 Å². The smallest absolute Gasteiger partial charge is 0.271 e. The number of rotatable bonds is 4. The van der Waals surface area contributed by atoms with Crippen molar-refractivity contribution in [3.63, 3.8) is 0 Å². The maximum absolute atomic E-state index is 11.2. The maximum atomic E-state index is 11.2. The Balaban J connectivity index is 0.000000296. The fraction of sp³-hybridized carbons (Fsp3) is 0.281. The molecule has 0 atom stereocenters. The second-order valence-corrected chi connectivity index (χ2v) is 12.8. The SMILES string of the molecule is CN1C(=CC=CC2=[N+](C)c3ccccc3C2(C)C)C(C)(C)c2ccc([N+](=O)[O-])cc21.Cc1ccc(S(=O)(=O)[O-])cc1. The number of likely N-dealkylation sites (N-methyl/N-ethyl adjacent to an activating group) is 1. The zero-order valence-electron chi connectivity index (χ0n) is 24.4. The predicted octanol–water partition coefficient (Wildman–Crippen LogP) is 6.37. The van der Waals surface area contributed by atoms with E-state index >= 15 is 0 Å². The van der Waals surface area contributed by atoms with Crippen LogP contribution in [0.15, 0.2) is 95.6 Å². The first-order chi connectivity index (χ1) is 19.1. The lowest BCUT2D eigenvalue weighted by Crippen LogP contribution is -2.26. The van der Waals surface area contributed by atoms with Crippen molar-refractivity contribution >= 4 is 32.9 Å². The Kier molecular flexibility index (Phi) is 7.82. The number of nitrogens with zero attached hydrogens (tertiary/aromatic N) is 3. The van der Waals surface area contributed by atoms with E-state index in [0.717, 1.165) is 22.5 Å². The summed E-state index contributed by atoms with van der Waals surface area (Å²) in [6.45, 7) is 10.7. The van der Waals surface area contributed by atoms with E-state index in [-0.39, 0.29) is 26.3 Å². The molecule has 0 bridgehead atoms. The highest BCUT2D eigenvalue weighted by molar-refractivity contribution is 7.85. The first-order valence-electron chi connectivity index (χ1n) is 13.2. The van der Waals surface area contributed by atoms with Crippen LogP contribution in [0.1, 0.15) is 44.4 Å². The summed E-state index contributed by atoms with van der Waals surface area (Å²) in [7, 11) is -0.180. The average Bonchev–Trinajstić information content (AvgIpc) is 3.22. The van der Waals surface area contributed by atoms with Gasteiger partial charge in [-0.05, 0) is 50.6 Å². The second-order valence-electron chi connectivity index (χ2n) is 11.4. The Morgan fingerprint density at radius 3 is 2.15 bits per heavy atom. The van der Waals surface area contributed by atoms with Gasteiger partial charge in [-0.1, -0.05) is 55.8 Å². The highest BCUT2D eigenvalue weighted by atomic mass is 32.2. The van der Waals surface area contributed by atoms with Crippen molar-refractivity contribution in [2.75, 3.05) is 19.0 Å². The summed E-state index contributed by atoms with van der Waals surface area (Å²) in [5.74, 6) is 0. The van der Waals surface area contributed by atoms with Crippen molar-refractivity contribution in [3.8, 4) is 0 Å². The Morgan fingerprint density at radius 1 is 0.927 bits per heavy atom. The molecule has 0 fully saturated rings. The fourth-order valence-corrected chi connectivity index (χ4v) is 6.15. The molecule has 5 rings (SSSR count). The van der Waals surface area contributed by atoms with Gasteiger partial charge in [0.05, 0.1) is 20.9 Å². The number of hydrogen-bond acceptors (Lipinski definition) is 6. The monoisotopic (exact) mass is 573 g/mol. The van der Waals surface area contributed by atoms with Gasteiger partial charge in [-0.2, -0.15) is 4.58 Å². The molecule has 0 aromatic heterocycles. The lowest BCUT2D eigenvalue weighted by Gasteiger charge is -2.23. The van der Waals surface area contributed by atoms with E-state index in [4.69, 9.17) is 0 Å². The van der Waals surface area contributed by atoms with Crippen LogP contribution in [0.25, 0.3) is 0 Å². The van der Waals surface area contributed by atoms with Crippen LogP contribution in [0.3, 0.4) is 0 Å². The van der Waals surface area contributed by atoms with Crippen LogP contribution in [-0.2, 0) is 20.9 Å². The number of allylic oxidation sites excluding steroid dienone is 4. The normalized spacial score (nSPS) is 17.9. The third kappa shape index (κ3) is 5.60. The molecule has 2 aliphatic heterocycles. The van der Waals surface area contributed by atoms with Crippen molar-refractivity contribution in [2.24, 2.45) is 0 Å². The number of benzene rings is 3. The van der Waals surface area contributed by atoms with Gasteiger partial charge in [-0.3, -0.25) is 10.1 Å². The summed E-state index contributed by atoms with van der Waals surface area (Å²) < 4.78 is 33.4. The quantitative estimate of drug-likeness (QED) is 0.155. The van der Waals surface area contributed by atoms with E-state index in [1.165, 1.54) is 29.1 Å². The van der Waals surface area contributed by atoms with E-state index < -0.39 is 10.1 Å². The summed E-state index contributed by atoms with van der Waals surface area (Å²) in [5, 5.41) is 11.2. The van der Waals surface area contributed by atoms with Crippen molar-refractivity contribution in [1.29, 1.82) is 0 Å². The highest BCUT2D eigenvalue weighted by Crippen LogP contribution is 2.48. The van der Waals surface area contributed by atoms with Gasteiger partial charge in [0.2, 0.25) is 5.69 Å². The summed E-state index contributed by atoms with van der Waals surface area (Å²) in [6.07, 6.45) is 6.42. The molecule has 2 aliphatic rings. The molecule has 0 N–H and O–H groups in total. The first-order valence-corrected chi connectivity index (χ1v) is 14.6. The lowest BCUT2D eigenvalue weighted by molar-refractivity contribution is -0.401. The molecule has 0 aliphatic carbocycles. The average molecular weight is 574 g/mol. The van der Waals surface area contributed by atoms with Crippen molar-refractivity contribution in [1.82, 2.24) is 0 Å². The molecular weight excluding hydrogens is 538 g/mol. The third-order valence-corrected chi connectivity index (χ3v) is 8.84. The van der Waals surface area contributed by atoms with Gasteiger partial charge in [0.15, 0.2) is 5.71 Å². The zero-order chi connectivity index (χ0) is 30.3. The van der Waals surface area contributed by atoms with Crippen LogP contribution < -0.4 is 4.90 Å². The van der Waals surface area contributed by atoms with Crippen LogP contribution in [0.5, 0.6) is 0 Å². The molecule has 41 heavy (non-hydrogen) atoms. The van der Waals surface area contributed by atoms with Gasteiger partial charge in [0, 0.05) is 48.0 Å². The molecule has 0 spiro atoms. The summed E-state index contributed by atoms with van der Waals surface area (Å²) in [5.41, 5.74) is 7.69. The van der Waals surface area contributed by atoms with Gasteiger partial charge in [0.1, 0.15) is 17.2 Å². The fourth-order valence-electron chi connectivity index (χ4n) is 5.68. The molecule has 0 saturated carbocycles. The Morgan fingerprint density at radius 2 is 1.56 bits per heavy atom. The van der Waals surface area contributed by atoms with Crippen LogP contribution in [-0.4, -0.2) is 42.3 Å². The molecule has 0 amide bonds. The topological polar surface area (TPSA) is 107 Å². The Hall–Kier alpha value is -4.08. The first kappa shape index (κ1) is 29.9. The summed E-state index contributed by atoms with van der Waals surface area (Å²) >= 11 is 0. The number of nitro benzene ring substituents is 1. The van der Waals surface area contributed by atoms with Crippen molar-refractivity contribution < 1.29 is 22.5 Å². The molecule has 214 valence electrons. The standard InChI is InChI=1S/C25H28N3O2.C7H8O3S/c1-24(2)18-10-7-8-11-20(18)26(5)22(24)12-9-13-23-25(3,4)19-15-14-17(28(29)30)16-21(19)27(23)6;1-6-2-4-7(5-3-6)11(8,9)10/h7-16H,1-6H3;2-5H,1H3,(H,8,9,10)/q+1;/p-1. The molecule has 3 aromatic rings. The number of aryl methyl sites for hydroxylation is 1. The molecule has 0 saturated heterocycles. The Bertz CT molecular complexity index is 1720. The van der Waals surface area contributed by atoms with Gasteiger partial charge >= 0.3 is 0 Å². The molecule has 2 heterocycles. The highest BCUT2D eigenvalue weighted by Gasteiger charge is 2.43. The molecule has 9 heteroatoms. The number of para-hydroxylation sites is 1. The largest absolute Gasteiger partial charge is 0.744 e. The van der Waals surface area contributed by atoms with Crippen LogP contribution in [0.4, 0.5) is 17.1 Å². The molecular formula is C32H35N3O5S. The molecule has 8 nitrogen and oxygen atoms in total. The summed E-state index contributed by atoms with van der Waals surface area (Å²) in [4.78, 5) is 12.8. The van der Waals surface area contributed by atoms with Gasteiger partial charge in [0.25, 0.3) is 5.69 Å². The Labute approximate surface area is 241 Å². The van der Waals surface area contributed by atoms with Gasteiger partial charge in [-0.25, -0.2) is 8.42 Å². The predicted molar refractivity (Wildman–Crippen MR) is 161 cm³/mol. The minimum atomic E-state index is -4.27. The van der Waals surface area contributed by atoms with E-state index in [0.29, 0.717) is 0 Å². The molecule has 3 aromatic carbocycles. The lowest BCUT2D eigenvalue weighted by atomic mass is 9.81. The molecule has 0 radical (unpaired) electrons. The minimum absolute atomic E-state index is 0.0684. The van der Waals surface area contributed by atoms with E-state index in [1.807, 2.05) is 20.0 Å². The molecule has 0 unspecified atom stereocenters. The zero-order valence-corrected chi connectivity index (χ0v) is 25.2. The summed E-state index contributed by atoms with van der Waals surface area (Å²) in [6, 6.07) is 19.5. The number of hydrogen-bond donors (Lipinski definition) is 0. The van der Waals surface area contributed by atoms with E-state index in [9.17, 15) is 23.1 Å². The number of non-ortho nitro benzene ring substituents is 1. The van der Waals surface area contributed by atoms with Crippen molar-refractivity contribution in [3.05, 3.63) is 117 Å². The number of anilines is 1. The van der Waals surface area contributed by atoms with Crippen LogP contribution >= 0.6 is 0 Å². The minimum Gasteiger partial charge on any atom is -0.744 e. The van der Waals surface area contributed by atoms with E-state index in [1.54, 1.807) is 24.3 Å². The second kappa shape index (κ2) is 10.7. The van der Waals surface area contributed by atoms with Gasteiger partial charge < -0.3 is 9.45 Å². The van der Waals surface area contributed by atoms with Crippen LogP contribution in [0, 0.1) is 17.0 Å². The maximum Gasteiger partial charge on any atom is 0.271 e. The van der Waals surface area contributed by atoms with Crippen LogP contribution in [0.2, 0.25) is 0 Å². The van der Waals surface area contributed by atoms with Gasteiger partial charge in [-0.15, -0.1) is 0 Å². The third-order valence-electron chi connectivity index (χ3n) is 7.99. The number of nitro groups is 1. The number of fused-ring (bicyclic) bond motifs is 2.